The fourth-order valence-corrected chi connectivity index (χ4v) is 0. The molecule has 0 fully saturated rings. The van der Waals surface area contributed by atoms with Crippen LogP contribution in [-0.2, 0) is 9.59 Å². The van der Waals surface area contributed by atoms with E-state index in [0.29, 0.717) is 0 Å². The Morgan fingerprint density at radius 2 is 1.00 bits per heavy atom. The van der Waals surface area contributed by atoms with Gasteiger partial charge < -0.3 is 20.1 Å². The third-order valence-corrected chi connectivity index (χ3v) is 2.46. The Kier molecular flexibility index (Phi) is 31.8. The summed E-state index contributed by atoms with van der Waals surface area (Å²) in [5.74, 6) is -2.26. The first-order chi connectivity index (χ1) is 6.89. The molecule has 0 amide bonds. The number of rotatable bonds is 0. The number of halogens is 6. The van der Waals surface area contributed by atoms with E-state index in [0.717, 1.165) is 7.11 Å². The molecule has 0 aliphatic carbocycles. The van der Waals surface area contributed by atoms with Crippen molar-refractivity contribution in [2.24, 2.45) is 0 Å². The van der Waals surface area contributed by atoms with E-state index in [1.54, 1.807) is 0 Å². The number of carbonyl (C=O) groups is 2. The molecule has 0 heterocycles. The van der Waals surface area contributed by atoms with Gasteiger partial charge in [0, 0.05) is 0 Å². The molecule has 0 aliphatic heterocycles. The van der Waals surface area contributed by atoms with Gasteiger partial charge in [-0.05, 0) is 47.8 Å². The molecule has 0 unspecified atom stereocenters. The van der Waals surface area contributed by atoms with Crippen molar-refractivity contribution in [1.82, 2.24) is 0 Å². The van der Waals surface area contributed by atoms with Crippen molar-refractivity contribution in [3.05, 3.63) is 0 Å². The summed E-state index contributed by atoms with van der Waals surface area (Å²) in [6, 6.07) is 0. The first-order valence-corrected chi connectivity index (χ1v) is 7.64. The van der Waals surface area contributed by atoms with Crippen molar-refractivity contribution >= 4 is 108 Å². The minimum absolute atomic E-state index is 0. The summed E-state index contributed by atoms with van der Waals surface area (Å²) in [6.07, 6.45) is 0. The van der Waals surface area contributed by atoms with Crippen molar-refractivity contribution in [2.75, 3.05) is 7.11 Å². The van der Waals surface area contributed by atoms with Gasteiger partial charge in [-0.15, -0.1) is 0 Å². The van der Waals surface area contributed by atoms with Crippen LogP contribution < -0.4 is 69.3 Å². The van der Waals surface area contributed by atoms with E-state index in [2.05, 4.69) is 95.6 Å². The van der Waals surface area contributed by atoms with E-state index < -0.39 is 16.2 Å². The van der Waals surface area contributed by atoms with Gasteiger partial charge in [0.15, 0.2) is 2.14 Å². The van der Waals surface area contributed by atoms with Crippen LogP contribution in [0.4, 0.5) is 0 Å². The second kappa shape index (κ2) is 17.1. The van der Waals surface area contributed by atoms with E-state index in [9.17, 15) is 14.7 Å². The van der Waals surface area contributed by atoms with Crippen molar-refractivity contribution in [3.8, 4) is 0 Å². The van der Waals surface area contributed by atoms with Crippen LogP contribution in [0.5, 0.6) is 0 Å². The van der Waals surface area contributed by atoms with Crippen LogP contribution in [0.2, 0.25) is 0 Å². The zero-order chi connectivity index (χ0) is 14.2. The van der Waals surface area contributed by atoms with Gasteiger partial charge in [0.2, 0.25) is 2.14 Å². The molecule has 0 atom stereocenters. The van der Waals surface area contributed by atoms with Crippen LogP contribution in [0.1, 0.15) is 0 Å². The second-order valence-electron chi connectivity index (χ2n) is 1.59. The quantitative estimate of drug-likeness (QED) is 0.207. The molecule has 0 radical (unpaired) electrons. The Labute approximate surface area is 199 Å². The Balaban J connectivity index is -0.0000000500. The van der Waals surface area contributed by atoms with Gasteiger partial charge in [0.25, 0.3) is 0 Å². The van der Waals surface area contributed by atoms with E-state index in [1.165, 1.54) is 0 Å². The van der Waals surface area contributed by atoms with Crippen molar-refractivity contribution in [1.29, 1.82) is 0 Å². The molecule has 5 nitrogen and oxygen atoms in total. The summed E-state index contributed by atoms with van der Waals surface area (Å²) in [7, 11) is 0.750. The van der Waals surface area contributed by atoms with Crippen LogP contribution in [0.25, 0.3) is 0 Å². The first-order valence-electron chi connectivity index (χ1n) is 2.88. The van der Waals surface area contributed by atoms with Crippen molar-refractivity contribution in [3.63, 3.8) is 0 Å². The average molecular weight is 669 g/mol. The molecule has 0 aromatic carbocycles. The van der Waals surface area contributed by atoms with E-state index in [-0.39, 0.29) is 59.1 Å². The molecule has 0 aromatic rings. The molecule has 0 saturated heterocycles. The molecule has 13 heteroatoms. The Morgan fingerprint density at radius 3 is 1.00 bits per heavy atom. The summed E-state index contributed by atoms with van der Waals surface area (Å²) in [5, 5.41) is 26.1. The molecular weight excluding hydrogens is 665 g/mol. The molecule has 18 heavy (non-hydrogen) atoms. The fourth-order valence-electron chi connectivity index (χ4n) is 0. The second-order valence-corrected chi connectivity index (χ2v) is 15.1. The van der Waals surface area contributed by atoms with Gasteiger partial charge in [-0.2, -0.15) is 7.11 Å². The van der Waals surface area contributed by atoms with E-state index in [1.807, 2.05) is 0 Å². The summed E-state index contributed by atoms with van der Waals surface area (Å²) in [4.78, 5) is 19.6. The summed E-state index contributed by atoms with van der Waals surface area (Å²) in [6.45, 7) is 0. The van der Waals surface area contributed by atoms with Gasteiger partial charge in [-0.1, -0.05) is 47.8 Å². The minimum atomic E-state index is -1.26. The predicted molar refractivity (Wildman–Crippen MR) is 77.6 cm³/mol. The number of carboxylic acids is 2. The first kappa shape index (κ1) is 33.4. The minimum Gasteiger partial charge on any atom is -0.857 e. The molecule has 0 saturated carbocycles. The number of carbonyl (C=O) groups excluding carboxylic acids is 1. The number of hydrogen-bond acceptors (Lipinski definition) is 4. The van der Waals surface area contributed by atoms with Gasteiger partial charge >= 0.3 is 65.1 Å². The number of aliphatic carboxylic acids is 2. The number of carboxylic acid groups (broad SMARTS) is 2. The standard InChI is InChI=1S/2C2HBr3O2.CH3O.2Na/c2*3-2(4,5)1(6)7;1-2;;/h2*(H,6,7);1H3;;/q;;-1;2*+1/p-1. The Hall–Kier alpha value is 3.78. The monoisotopic (exact) mass is 663 g/mol. The normalized spacial score (nSPS) is 9.11. The maximum absolute atomic E-state index is 9.88. The van der Waals surface area contributed by atoms with E-state index >= 15 is 0 Å². The van der Waals surface area contributed by atoms with Crippen LogP contribution in [0.3, 0.4) is 0 Å². The molecule has 1 N–H and O–H groups in total. The van der Waals surface area contributed by atoms with Gasteiger partial charge in [0.1, 0.15) is 0 Å². The maximum atomic E-state index is 9.88. The molecule has 0 bridgehead atoms. The number of alkyl halides is 6. The zero-order valence-corrected chi connectivity index (χ0v) is 22.9. The van der Waals surface area contributed by atoms with Crippen LogP contribution >= 0.6 is 95.6 Å². The maximum Gasteiger partial charge on any atom is 1.00 e. The number of hydrogen-bond donors (Lipinski definition) is 1. The topological polar surface area (TPSA) is 100 Å². The molecule has 0 aromatic heterocycles. The third-order valence-electron chi connectivity index (χ3n) is 0.474. The SMILES string of the molecule is C[O-].O=C(O)C(Br)(Br)Br.O=C([O-])C(Br)(Br)Br.[Na+].[Na+]. The molecule has 0 rings (SSSR count). The fraction of sp³-hybridized carbons (Fsp3) is 0.600. The Bertz CT molecular complexity index is 203. The summed E-state index contributed by atoms with van der Waals surface area (Å²) < 4.78 is -2.40. The van der Waals surface area contributed by atoms with Gasteiger partial charge in [0.05, 0.1) is 5.97 Å². The van der Waals surface area contributed by atoms with E-state index in [4.69, 9.17) is 10.2 Å². The third kappa shape index (κ3) is 28.0. The van der Waals surface area contributed by atoms with Crippen LogP contribution in [0.15, 0.2) is 0 Å². The van der Waals surface area contributed by atoms with Crippen molar-refractivity contribution < 1.29 is 84.0 Å². The molecule has 0 spiro atoms. The van der Waals surface area contributed by atoms with Crippen LogP contribution in [0, 0.1) is 0 Å². The molecule has 0 aliphatic rings. The molecular formula is C5H4Br6Na2O5. The van der Waals surface area contributed by atoms with Gasteiger partial charge in [-0.3, -0.25) is 0 Å². The Morgan fingerprint density at radius 1 is 0.889 bits per heavy atom. The van der Waals surface area contributed by atoms with Gasteiger partial charge in [-0.25, -0.2) is 4.79 Å². The summed E-state index contributed by atoms with van der Waals surface area (Å²) in [5.41, 5.74) is 0. The smallest absolute Gasteiger partial charge is 0.857 e. The zero-order valence-electron chi connectivity index (χ0n) is 9.35. The van der Waals surface area contributed by atoms with Crippen molar-refractivity contribution in [2.45, 2.75) is 4.29 Å². The molecule has 98 valence electrons. The average Bonchev–Trinajstić information content (AvgIpc) is 2.05. The van der Waals surface area contributed by atoms with Crippen LogP contribution in [-0.4, -0.2) is 28.4 Å². The summed E-state index contributed by atoms with van der Waals surface area (Å²) >= 11 is 16.5. The largest absolute Gasteiger partial charge is 1.00 e. The predicted octanol–water partition coefficient (Wildman–Crippen LogP) is -4.53.